The van der Waals surface area contributed by atoms with E-state index in [4.69, 9.17) is 9.84 Å². The third kappa shape index (κ3) is 3.45. The number of hydrogen-bond donors (Lipinski definition) is 2. The number of rotatable bonds is 4. The van der Waals surface area contributed by atoms with Crippen LogP contribution in [0.15, 0.2) is 60.7 Å². The normalized spacial score (nSPS) is 12.2. The number of anilines is 1. The lowest BCUT2D eigenvalue weighted by Crippen LogP contribution is -2.19. The molecule has 0 spiro atoms. The van der Waals surface area contributed by atoms with Crippen molar-refractivity contribution in [2.45, 2.75) is 12.8 Å². The minimum absolute atomic E-state index is 0.103. The minimum atomic E-state index is -1.23. The van der Waals surface area contributed by atoms with Gasteiger partial charge in [0, 0.05) is 5.92 Å². The van der Waals surface area contributed by atoms with Crippen LogP contribution >= 0.6 is 0 Å². The lowest BCUT2D eigenvalue weighted by atomic mass is 9.98. The van der Waals surface area contributed by atoms with Gasteiger partial charge in [0.15, 0.2) is 0 Å². The SMILES string of the molecule is Cc1cc(NC(=O)OCC2c3ccccc3-c3ccccc32)c(F)cc1C(=O)O. The fourth-order valence-corrected chi connectivity index (χ4v) is 3.75. The number of halogens is 1. The van der Waals surface area contributed by atoms with Gasteiger partial charge in [-0.3, -0.25) is 5.32 Å². The molecule has 0 saturated heterocycles. The van der Waals surface area contributed by atoms with Crippen LogP contribution in [0.1, 0.15) is 33.0 Å². The number of carboxylic acids is 1. The second kappa shape index (κ2) is 7.39. The van der Waals surface area contributed by atoms with Crippen LogP contribution in [0.4, 0.5) is 14.9 Å². The number of nitrogens with one attached hydrogen (secondary N) is 1. The summed E-state index contributed by atoms with van der Waals surface area (Å²) in [6.45, 7) is 1.64. The van der Waals surface area contributed by atoms with Crippen molar-refractivity contribution >= 4 is 17.7 Å². The van der Waals surface area contributed by atoms with Gasteiger partial charge in [0.2, 0.25) is 0 Å². The van der Waals surface area contributed by atoms with E-state index >= 15 is 0 Å². The van der Waals surface area contributed by atoms with E-state index in [0.29, 0.717) is 5.56 Å². The third-order valence-corrected chi connectivity index (χ3v) is 5.12. The summed E-state index contributed by atoms with van der Waals surface area (Å²) in [6, 6.07) is 18.1. The summed E-state index contributed by atoms with van der Waals surface area (Å²) in [6.07, 6.45) is -0.798. The number of fused-ring (bicyclic) bond motifs is 3. The molecule has 1 amide bonds. The molecule has 0 atom stereocenters. The molecular weight excluding hydrogens is 373 g/mol. The molecule has 3 aromatic rings. The van der Waals surface area contributed by atoms with E-state index in [0.717, 1.165) is 28.3 Å². The van der Waals surface area contributed by atoms with Gasteiger partial charge in [-0.2, -0.15) is 0 Å². The van der Waals surface area contributed by atoms with E-state index in [1.807, 2.05) is 48.5 Å². The smallest absolute Gasteiger partial charge is 0.411 e. The van der Waals surface area contributed by atoms with Crippen molar-refractivity contribution < 1.29 is 23.8 Å². The zero-order valence-electron chi connectivity index (χ0n) is 15.6. The van der Waals surface area contributed by atoms with Gasteiger partial charge in [0.1, 0.15) is 12.4 Å². The number of carbonyl (C=O) groups is 2. The first-order valence-corrected chi connectivity index (χ1v) is 9.11. The Morgan fingerprint density at radius 2 is 1.62 bits per heavy atom. The predicted octanol–water partition coefficient (Wildman–Crippen LogP) is 5.19. The maximum Gasteiger partial charge on any atom is 0.411 e. The summed E-state index contributed by atoms with van der Waals surface area (Å²) in [5.74, 6) is -2.16. The number of benzene rings is 3. The Bertz CT molecular complexity index is 1080. The Labute approximate surface area is 166 Å². The van der Waals surface area contributed by atoms with Crippen molar-refractivity contribution in [2.24, 2.45) is 0 Å². The maximum absolute atomic E-state index is 14.2. The van der Waals surface area contributed by atoms with E-state index < -0.39 is 17.9 Å². The molecule has 4 rings (SSSR count). The number of aromatic carboxylic acids is 1. The lowest BCUT2D eigenvalue weighted by Gasteiger charge is -2.15. The van der Waals surface area contributed by atoms with Crippen LogP contribution in [-0.2, 0) is 4.74 Å². The highest BCUT2D eigenvalue weighted by molar-refractivity contribution is 5.91. The van der Waals surface area contributed by atoms with Crippen LogP contribution in [0.25, 0.3) is 11.1 Å². The average Bonchev–Trinajstić information content (AvgIpc) is 3.02. The molecule has 0 fully saturated rings. The summed E-state index contributed by atoms with van der Waals surface area (Å²) < 4.78 is 19.5. The van der Waals surface area contributed by atoms with Crippen LogP contribution < -0.4 is 5.32 Å². The maximum atomic E-state index is 14.2. The molecule has 146 valence electrons. The highest BCUT2D eigenvalue weighted by Crippen LogP contribution is 2.44. The number of ether oxygens (including phenoxy) is 1. The summed E-state index contributed by atoms with van der Waals surface area (Å²) in [7, 11) is 0. The van der Waals surface area contributed by atoms with Crippen molar-refractivity contribution in [1.29, 1.82) is 0 Å². The van der Waals surface area contributed by atoms with Crippen molar-refractivity contribution in [1.82, 2.24) is 0 Å². The van der Waals surface area contributed by atoms with Gasteiger partial charge in [-0.1, -0.05) is 48.5 Å². The topological polar surface area (TPSA) is 75.6 Å². The zero-order chi connectivity index (χ0) is 20.5. The predicted molar refractivity (Wildman–Crippen MR) is 107 cm³/mol. The average molecular weight is 391 g/mol. The van der Waals surface area contributed by atoms with Gasteiger partial charge in [-0.05, 0) is 46.9 Å². The van der Waals surface area contributed by atoms with Crippen molar-refractivity contribution in [3.8, 4) is 11.1 Å². The van der Waals surface area contributed by atoms with Crippen LogP contribution in [0.5, 0.6) is 0 Å². The zero-order valence-corrected chi connectivity index (χ0v) is 15.6. The summed E-state index contributed by atoms with van der Waals surface area (Å²) in [4.78, 5) is 23.3. The number of carbonyl (C=O) groups excluding carboxylic acids is 1. The van der Waals surface area contributed by atoms with E-state index in [9.17, 15) is 14.0 Å². The molecule has 29 heavy (non-hydrogen) atoms. The number of hydrogen-bond acceptors (Lipinski definition) is 3. The Hall–Kier alpha value is -3.67. The molecule has 6 heteroatoms. The first kappa shape index (κ1) is 18.7. The molecule has 0 aliphatic heterocycles. The summed E-state index contributed by atoms with van der Waals surface area (Å²) in [5.41, 5.74) is 4.45. The first-order chi connectivity index (χ1) is 14.0. The molecular formula is C23H18FNO4. The van der Waals surface area contributed by atoms with Crippen molar-refractivity contribution in [3.63, 3.8) is 0 Å². The highest BCUT2D eigenvalue weighted by Gasteiger charge is 2.29. The Morgan fingerprint density at radius 3 is 2.21 bits per heavy atom. The second-order valence-corrected chi connectivity index (χ2v) is 6.90. The van der Waals surface area contributed by atoms with Crippen LogP contribution in [0.2, 0.25) is 0 Å². The molecule has 1 aliphatic rings. The molecule has 1 aliphatic carbocycles. The molecule has 5 nitrogen and oxygen atoms in total. The summed E-state index contributed by atoms with van der Waals surface area (Å²) in [5, 5.41) is 11.4. The number of aryl methyl sites for hydroxylation is 1. The van der Waals surface area contributed by atoms with Gasteiger partial charge in [0.25, 0.3) is 0 Å². The standard InChI is InChI=1S/C23H18FNO4/c1-13-10-21(20(24)11-18(13)22(26)27)25-23(28)29-12-19-16-8-4-2-6-14(16)15-7-3-5-9-17(15)19/h2-11,19H,12H2,1H3,(H,25,28)(H,26,27). The molecule has 0 heterocycles. The van der Waals surface area contributed by atoms with E-state index in [1.165, 1.54) is 13.0 Å². The molecule has 0 aromatic heterocycles. The molecule has 0 bridgehead atoms. The second-order valence-electron chi connectivity index (χ2n) is 6.90. The number of carboxylic acid groups (broad SMARTS) is 1. The number of amides is 1. The minimum Gasteiger partial charge on any atom is -0.478 e. The summed E-state index contributed by atoms with van der Waals surface area (Å²) >= 11 is 0. The highest BCUT2D eigenvalue weighted by atomic mass is 19.1. The molecule has 0 unspecified atom stereocenters. The van der Waals surface area contributed by atoms with Gasteiger partial charge >= 0.3 is 12.1 Å². The molecule has 3 aromatic carbocycles. The Balaban J connectivity index is 1.50. The Kier molecular flexibility index (Phi) is 4.76. The van der Waals surface area contributed by atoms with Gasteiger partial charge in [-0.25, -0.2) is 14.0 Å². The van der Waals surface area contributed by atoms with E-state index in [2.05, 4.69) is 5.32 Å². The third-order valence-electron chi connectivity index (χ3n) is 5.12. The van der Waals surface area contributed by atoms with Crippen LogP contribution in [0.3, 0.4) is 0 Å². The quantitative estimate of drug-likeness (QED) is 0.641. The van der Waals surface area contributed by atoms with Crippen molar-refractivity contribution in [2.75, 3.05) is 11.9 Å². The van der Waals surface area contributed by atoms with Crippen molar-refractivity contribution in [3.05, 3.63) is 88.7 Å². The Morgan fingerprint density at radius 1 is 1.03 bits per heavy atom. The monoisotopic (exact) mass is 391 g/mol. The van der Waals surface area contributed by atoms with Gasteiger partial charge in [0.05, 0.1) is 11.3 Å². The molecule has 0 saturated carbocycles. The van der Waals surface area contributed by atoms with Crippen LogP contribution in [0, 0.1) is 12.7 Å². The van der Waals surface area contributed by atoms with Gasteiger partial charge < -0.3 is 9.84 Å². The fraction of sp³-hybridized carbons (Fsp3) is 0.130. The van der Waals surface area contributed by atoms with Crippen LogP contribution in [-0.4, -0.2) is 23.8 Å². The first-order valence-electron chi connectivity index (χ1n) is 9.11. The fourth-order valence-electron chi connectivity index (χ4n) is 3.75. The lowest BCUT2D eigenvalue weighted by molar-refractivity contribution is 0.0695. The van der Waals surface area contributed by atoms with E-state index in [1.54, 1.807) is 0 Å². The molecule has 0 radical (unpaired) electrons. The largest absolute Gasteiger partial charge is 0.478 e. The molecule has 2 N–H and O–H groups in total. The van der Waals surface area contributed by atoms with Gasteiger partial charge in [-0.15, -0.1) is 0 Å². The van der Waals surface area contributed by atoms with E-state index in [-0.39, 0.29) is 23.8 Å².